The van der Waals surface area contributed by atoms with E-state index < -0.39 is 0 Å². The molecule has 0 amide bonds. The van der Waals surface area contributed by atoms with Gasteiger partial charge in [-0.3, -0.25) is 10.1 Å². The number of rotatable bonds is 2. The molecule has 1 saturated heterocycles. The predicted octanol–water partition coefficient (Wildman–Crippen LogP) is 2.46. The van der Waals surface area contributed by atoms with Crippen LogP contribution in [-0.2, 0) is 0 Å². The highest BCUT2D eigenvalue weighted by molar-refractivity contribution is 7.22. The van der Waals surface area contributed by atoms with Crippen molar-refractivity contribution in [1.29, 1.82) is 0 Å². The molecule has 9 heteroatoms. The minimum Gasteiger partial charge on any atom is -0.346 e. The minimum atomic E-state index is -0.371. The fourth-order valence-corrected chi connectivity index (χ4v) is 3.06. The molecule has 110 valence electrons. The fraction of sp³-hybridized carbons (Fsp3) is 0.364. The number of benzene rings is 1. The van der Waals surface area contributed by atoms with Gasteiger partial charge in [0.05, 0.1) is 15.1 Å². The van der Waals surface area contributed by atoms with Gasteiger partial charge in [0.2, 0.25) is 0 Å². The average Bonchev–Trinajstić information content (AvgIpc) is 2.82. The summed E-state index contributed by atoms with van der Waals surface area (Å²) in [5.41, 5.74) is 0.956. The molecular formula is C11H14Cl2N4O2S. The van der Waals surface area contributed by atoms with Crippen molar-refractivity contribution in [2.75, 3.05) is 31.1 Å². The van der Waals surface area contributed by atoms with Gasteiger partial charge in [0.15, 0.2) is 5.13 Å². The molecule has 1 aliphatic rings. The van der Waals surface area contributed by atoms with Crippen LogP contribution in [0.1, 0.15) is 0 Å². The third-order valence-electron chi connectivity index (χ3n) is 2.96. The average molecular weight is 337 g/mol. The molecule has 0 bridgehead atoms. The van der Waals surface area contributed by atoms with Crippen LogP contribution in [0, 0.1) is 10.1 Å². The highest BCUT2D eigenvalue weighted by Gasteiger charge is 2.16. The molecule has 1 N–H and O–H groups in total. The van der Waals surface area contributed by atoms with Crippen molar-refractivity contribution in [2.24, 2.45) is 0 Å². The van der Waals surface area contributed by atoms with Crippen LogP contribution < -0.4 is 10.2 Å². The summed E-state index contributed by atoms with van der Waals surface area (Å²) in [5, 5.41) is 15.0. The molecule has 1 aromatic heterocycles. The number of nitro benzene ring substituents is 1. The van der Waals surface area contributed by atoms with E-state index in [1.165, 1.54) is 17.4 Å². The first kappa shape index (κ1) is 16.9. The zero-order valence-electron chi connectivity index (χ0n) is 10.4. The molecule has 1 fully saturated rings. The van der Waals surface area contributed by atoms with E-state index >= 15 is 0 Å². The van der Waals surface area contributed by atoms with E-state index in [0.29, 0.717) is 0 Å². The van der Waals surface area contributed by atoms with E-state index in [-0.39, 0.29) is 35.4 Å². The highest BCUT2D eigenvalue weighted by Crippen LogP contribution is 2.31. The van der Waals surface area contributed by atoms with E-state index in [2.05, 4.69) is 15.2 Å². The standard InChI is InChI=1S/C11H12N4O2S.2ClH/c16-15(17)8-1-2-9-10(7-8)18-11(13-9)14-5-3-12-4-6-14;;/h1-2,7,12H,3-6H2;2*1H. The topological polar surface area (TPSA) is 71.3 Å². The number of piperazine rings is 1. The van der Waals surface area contributed by atoms with Gasteiger partial charge in [0.1, 0.15) is 0 Å². The maximum Gasteiger partial charge on any atom is 0.270 e. The molecular weight excluding hydrogens is 323 g/mol. The number of non-ortho nitro benzene ring substituents is 1. The Morgan fingerprint density at radius 2 is 2.00 bits per heavy atom. The quantitative estimate of drug-likeness (QED) is 0.673. The fourth-order valence-electron chi connectivity index (χ4n) is 2.01. The first-order valence-corrected chi connectivity index (χ1v) is 6.56. The molecule has 0 unspecified atom stereocenters. The monoisotopic (exact) mass is 336 g/mol. The van der Waals surface area contributed by atoms with Gasteiger partial charge in [-0.2, -0.15) is 0 Å². The zero-order chi connectivity index (χ0) is 12.5. The van der Waals surface area contributed by atoms with E-state index in [1.807, 2.05) is 0 Å². The van der Waals surface area contributed by atoms with Gasteiger partial charge < -0.3 is 10.2 Å². The van der Waals surface area contributed by atoms with Crippen LogP contribution >= 0.6 is 36.2 Å². The summed E-state index contributed by atoms with van der Waals surface area (Å²) in [7, 11) is 0. The van der Waals surface area contributed by atoms with Crippen molar-refractivity contribution in [2.45, 2.75) is 0 Å². The Balaban J connectivity index is 0.000001000. The molecule has 2 heterocycles. The SMILES string of the molecule is Cl.Cl.O=[N+]([O-])c1ccc2nc(N3CCNCC3)sc2c1. The summed E-state index contributed by atoms with van der Waals surface area (Å²) in [6.45, 7) is 3.77. The van der Waals surface area contributed by atoms with Crippen LogP contribution in [0.3, 0.4) is 0 Å². The second kappa shape index (κ2) is 7.03. The Morgan fingerprint density at radius 1 is 1.30 bits per heavy atom. The van der Waals surface area contributed by atoms with Crippen molar-refractivity contribution >= 4 is 57.2 Å². The highest BCUT2D eigenvalue weighted by atomic mass is 35.5. The van der Waals surface area contributed by atoms with Crippen LogP contribution in [0.25, 0.3) is 10.2 Å². The van der Waals surface area contributed by atoms with Crippen molar-refractivity contribution < 1.29 is 4.92 Å². The number of hydrogen-bond donors (Lipinski definition) is 1. The normalized spacial score (nSPS) is 14.5. The smallest absolute Gasteiger partial charge is 0.270 e. The van der Waals surface area contributed by atoms with E-state index in [0.717, 1.165) is 41.5 Å². The maximum atomic E-state index is 10.7. The number of thiazole rings is 1. The third-order valence-corrected chi connectivity index (χ3v) is 4.04. The molecule has 0 saturated carbocycles. The largest absolute Gasteiger partial charge is 0.346 e. The van der Waals surface area contributed by atoms with Gasteiger partial charge in [-0.25, -0.2) is 4.98 Å². The van der Waals surface area contributed by atoms with Crippen LogP contribution in [0.15, 0.2) is 18.2 Å². The first-order valence-electron chi connectivity index (χ1n) is 5.75. The second-order valence-corrected chi connectivity index (χ2v) is 5.15. The number of aromatic nitrogens is 1. The summed E-state index contributed by atoms with van der Waals surface area (Å²) in [6.07, 6.45) is 0. The zero-order valence-corrected chi connectivity index (χ0v) is 12.9. The van der Waals surface area contributed by atoms with Gasteiger partial charge in [-0.15, -0.1) is 24.8 Å². The van der Waals surface area contributed by atoms with Gasteiger partial charge in [0, 0.05) is 38.3 Å². The summed E-state index contributed by atoms with van der Waals surface area (Å²) in [6, 6.07) is 4.82. The summed E-state index contributed by atoms with van der Waals surface area (Å²) < 4.78 is 0.873. The van der Waals surface area contributed by atoms with Crippen LogP contribution in [0.4, 0.5) is 10.8 Å². The number of halogens is 2. The molecule has 20 heavy (non-hydrogen) atoms. The lowest BCUT2D eigenvalue weighted by Crippen LogP contribution is -2.43. The molecule has 1 aliphatic heterocycles. The number of anilines is 1. The van der Waals surface area contributed by atoms with Crippen molar-refractivity contribution in [1.82, 2.24) is 10.3 Å². The van der Waals surface area contributed by atoms with Gasteiger partial charge in [-0.05, 0) is 6.07 Å². The second-order valence-electron chi connectivity index (χ2n) is 4.14. The molecule has 2 aromatic rings. The number of nitrogens with one attached hydrogen (secondary N) is 1. The number of nitrogens with zero attached hydrogens (tertiary/aromatic N) is 3. The van der Waals surface area contributed by atoms with E-state index in [4.69, 9.17) is 0 Å². The Kier molecular flexibility index (Phi) is 5.94. The van der Waals surface area contributed by atoms with Crippen LogP contribution in [0.2, 0.25) is 0 Å². The summed E-state index contributed by atoms with van der Waals surface area (Å²) >= 11 is 1.52. The predicted molar refractivity (Wildman–Crippen MR) is 85.9 cm³/mol. The Hall–Kier alpha value is -1.15. The lowest BCUT2D eigenvalue weighted by molar-refractivity contribution is -0.384. The Labute approximate surface area is 132 Å². The first-order chi connectivity index (χ1) is 8.74. The Bertz CT molecular complexity index is 601. The lowest BCUT2D eigenvalue weighted by atomic mass is 10.3. The van der Waals surface area contributed by atoms with E-state index in [1.54, 1.807) is 12.1 Å². The van der Waals surface area contributed by atoms with Gasteiger partial charge in [-0.1, -0.05) is 11.3 Å². The van der Waals surface area contributed by atoms with Crippen molar-refractivity contribution in [3.63, 3.8) is 0 Å². The molecule has 1 aromatic carbocycles. The molecule has 0 spiro atoms. The number of fused-ring (bicyclic) bond motifs is 1. The summed E-state index contributed by atoms with van der Waals surface area (Å²) in [5.74, 6) is 0. The molecule has 6 nitrogen and oxygen atoms in total. The maximum absolute atomic E-state index is 10.7. The lowest BCUT2D eigenvalue weighted by Gasteiger charge is -2.26. The van der Waals surface area contributed by atoms with Gasteiger partial charge in [0.25, 0.3) is 5.69 Å². The van der Waals surface area contributed by atoms with Crippen molar-refractivity contribution in [3.05, 3.63) is 28.3 Å². The van der Waals surface area contributed by atoms with Crippen LogP contribution in [-0.4, -0.2) is 36.1 Å². The Morgan fingerprint density at radius 3 is 2.65 bits per heavy atom. The van der Waals surface area contributed by atoms with Crippen LogP contribution in [0.5, 0.6) is 0 Å². The molecule has 0 radical (unpaired) electrons. The molecule has 3 rings (SSSR count). The summed E-state index contributed by atoms with van der Waals surface area (Å²) in [4.78, 5) is 17.1. The number of hydrogen-bond acceptors (Lipinski definition) is 6. The van der Waals surface area contributed by atoms with E-state index in [9.17, 15) is 10.1 Å². The van der Waals surface area contributed by atoms with Gasteiger partial charge >= 0.3 is 0 Å². The number of nitro groups is 1. The van der Waals surface area contributed by atoms with Crippen molar-refractivity contribution in [3.8, 4) is 0 Å². The third kappa shape index (κ3) is 3.29. The minimum absolute atomic E-state index is 0. The molecule has 0 atom stereocenters. The molecule has 0 aliphatic carbocycles.